The van der Waals surface area contributed by atoms with Gasteiger partial charge in [-0.05, 0) is 31.9 Å². The summed E-state index contributed by atoms with van der Waals surface area (Å²) in [5, 5.41) is 0. The van der Waals surface area contributed by atoms with Crippen LogP contribution in [0.1, 0.15) is 46.9 Å². The topological polar surface area (TPSA) is 37.4 Å². The van der Waals surface area contributed by atoms with Crippen LogP contribution >= 0.6 is 11.6 Å². The van der Waals surface area contributed by atoms with Crippen molar-refractivity contribution in [1.29, 1.82) is 0 Å². The fourth-order valence-electron chi connectivity index (χ4n) is 2.27. The summed E-state index contributed by atoms with van der Waals surface area (Å²) in [6, 6.07) is 6.92. The van der Waals surface area contributed by atoms with E-state index in [0.717, 1.165) is 19.3 Å². The molecule has 18 heavy (non-hydrogen) atoms. The first-order chi connectivity index (χ1) is 8.66. The van der Waals surface area contributed by atoms with Crippen molar-refractivity contribution in [3.8, 4) is 0 Å². The number of carbonyl (C=O) groups excluding carboxylic acids is 2. The molecular formula is C14H16ClNO2. The van der Waals surface area contributed by atoms with Crippen LogP contribution in [0.2, 0.25) is 0 Å². The molecule has 96 valence electrons. The van der Waals surface area contributed by atoms with Crippen molar-refractivity contribution < 1.29 is 9.59 Å². The molecule has 4 heteroatoms. The number of imide groups is 1. The Morgan fingerprint density at radius 3 is 2.17 bits per heavy atom. The molecule has 3 nitrogen and oxygen atoms in total. The van der Waals surface area contributed by atoms with E-state index < -0.39 is 0 Å². The number of carbonyl (C=O) groups is 2. The van der Waals surface area contributed by atoms with Gasteiger partial charge in [0.15, 0.2) is 0 Å². The molecule has 1 aliphatic heterocycles. The highest BCUT2D eigenvalue weighted by Gasteiger charge is 2.37. The van der Waals surface area contributed by atoms with Gasteiger partial charge in [0.25, 0.3) is 11.8 Å². The van der Waals surface area contributed by atoms with Crippen molar-refractivity contribution in [1.82, 2.24) is 4.90 Å². The normalized spacial score (nSPS) is 16.0. The SMILES string of the molecule is C[C@@H](CCCCCl)N1C(=O)c2ccccc2C1=O. The van der Waals surface area contributed by atoms with Crippen molar-refractivity contribution >= 4 is 23.4 Å². The number of benzene rings is 1. The van der Waals surface area contributed by atoms with Crippen LogP contribution in [0.25, 0.3) is 0 Å². The molecule has 0 fully saturated rings. The van der Waals surface area contributed by atoms with Crippen LogP contribution in [0, 0.1) is 0 Å². The van der Waals surface area contributed by atoms with Gasteiger partial charge >= 0.3 is 0 Å². The van der Waals surface area contributed by atoms with Crippen LogP contribution in [0.3, 0.4) is 0 Å². The van der Waals surface area contributed by atoms with Gasteiger partial charge in [-0.3, -0.25) is 14.5 Å². The zero-order valence-corrected chi connectivity index (χ0v) is 11.1. The Morgan fingerprint density at radius 2 is 1.67 bits per heavy atom. The molecule has 0 radical (unpaired) electrons. The predicted molar refractivity (Wildman–Crippen MR) is 71.0 cm³/mol. The summed E-state index contributed by atoms with van der Waals surface area (Å²) in [6.45, 7) is 1.91. The number of hydrogen-bond acceptors (Lipinski definition) is 2. The molecule has 0 saturated carbocycles. The molecular weight excluding hydrogens is 250 g/mol. The van der Waals surface area contributed by atoms with E-state index in [2.05, 4.69) is 0 Å². The van der Waals surface area contributed by atoms with Gasteiger partial charge in [-0.1, -0.05) is 18.6 Å². The second kappa shape index (κ2) is 5.53. The van der Waals surface area contributed by atoms with Crippen molar-refractivity contribution in [3.63, 3.8) is 0 Å². The minimum atomic E-state index is -0.172. The number of rotatable bonds is 5. The number of hydrogen-bond donors (Lipinski definition) is 0. The Bertz CT molecular complexity index is 438. The highest BCUT2D eigenvalue weighted by Crippen LogP contribution is 2.25. The summed E-state index contributed by atoms with van der Waals surface area (Å²) in [5.74, 6) is 0.275. The zero-order chi connectivity index (χ0) is 13.1. The van der Waals surface area contributed by atoms with Crippen molar-refractivity contribution in [2.45, 2.75) is 32.2 Å². The summed E-state index contributed by atoms with van der Waals surface area (Å²) in [7, 11) is 0. The highest BCUT2D eigenvalue weighted by molar-refractivity contribution is 6.21. The predicted octanol–water partition coefficient (Wildman–Crippen LogP) is 3.08. The maximum absolute atomic E-state index is 12.2. The molecule has 1 heterocycles. The summed E-state index contributed by atoms with van der Waals surface area (Å²) in [6.07, 6.45) is 2.64. The number of alkyl halides is 1. The van der Waals surface area contributed by atoms with Crippen LogP contribution < -0.4 is 0 Å². The number of amides is 2. The standard InChI is InChI=1S/C14H16ClNO2/c1-10(6-4-5-9-15)16-13(17)11-7-2-3-8-12(11)14(16)18/h2-3,7-8,10H,4-6,9H2,1H3/t10-/m0/s1. The lowest BCUT2D eigenvalue weighted by Crippen LogP contribution is -2.37. The monoisotopic (exact) mass is 265 g/mol. The van der Waals surface area contributed by atoms with Gasteiger partial charge in [-0.15, -0.1) is 11.6 Å². The van der Waals surface area contributed by atoms with Gasteiger partial charge in [0.05, 0.1) is 11.1 Å². The average Bonchev–Trinajstić information content (AvgIpc) is 2.63. The van der Waals surface area contributed by atoms with E-state index in [9.17, 15) is 9.59 Å². The van der Waals surface area contributed by atoms with Crippen LogP contribution in [0.4, 0.5) is 0 Å². The third-order valence-electron chi connectivity index (χ3n) is 3.27. The number of halogens is 1. The smallest absolute Gasteiger partial charge is 0.261 e. The van der Waals surface area contributed by atoms with Crippen molar-refractivity contribution in [2.24, 2.45) is 0 Å². The second-order valence-corrected chi connectivity index (χ2v) is 4.94. The summed E-state index contributed by atoms with van der Waals surface area (Å²) < 4.78 is 0. The molecule has 1 aromatic rings. The van der Waals surface area contributed by atoms with E-state index in [1.807, 2.05) is 6.92 Å². The zero-order valence-electron chi connectivity index (χ0n) is 10.4. The maximum Gasteiger partial charge on any atom is 0.261 e. The Morgan fingerprint density at radius 1 is 1.11 bits per heavy atom. The molecule has 0 saturated heterocycles. The molecule has 2 amide bonds. The van der Waals surface area contributed by atoms with E-state index in [0.29, 0.717) is 17.0 Å². The lowest BCUT2D eigenvalue weighted by atomic mass is 10.1. The molecule has 1 aliphatic rings. The van der Waals surface area contributed by atoms with Crippen LogP contribution in [-0.2, 0) is 0 Å². The summed E-state index contributed by atoms with van der Waals surface area (Å²) in [5.41, 5.74) is 1.04. The van der Waals surface area contributed by atoms with Gasteiger partial charge in [0.1, 0.15) is 0 Å². The summed E-state index contributed by atoms with van der Waals surface area (Å²) >= 11 is 5.63. The van der Waals surface area contributed by atoms with Gasteiger partial charge in [0.2, 0.25) is 0 Å². The molecule has 0 spiro atoms. The quantitative estimate of drug-likeness (QED) is 0.466. The Hall–Kier alpha value is -1.35. The third-order valence-corrected chi connectivity index (χ3v) is 3.54. The largest absolute Gasteiger partial charge is 0.272 e. The molecule has 2 rings (SSSR count). The van der Waals surface area contributed by atoms with Crippen molar-refractivity contribution in [2.75, 3.05) is 5.88 Å². The van der Waals surface area contributed by atoms with Crippen LogP contribution in [-0.4, -0.2) is 28.6 Å². The molecule has 1 aromatic carbocycles. The number of nitrogens with zero attached hydrogens (tertiary/aromatic N) is 1. The lowest BCUT2D eigenvalue weighted by molar-refractivity contribution is 0.0588. The fourth-order valence-corrected chi connectivity index (χ4v) is 2.46. The van der Waals surface area contributed by atoms with Gasteiger partial charge < -0.3 is 0 Å². The first-order valence-electron chi connectivity index (χ1n) is 6.19. The van der Waals surface area contributed by atoms with E-state index in [1.54, 1.807) is 24.3 Å². The Labute approximate surface area is 112 Å². The lowest BCUT2D eigenvalue weighted by Gasteiger charge is -2.22. The van der Waals surface area contributed by atoms with Crippen LogP contribution in [0.15, 0.2) is 24.3 Å². The average molecular weight is 266 g/mol. The van der Waals surface area contributed by atoms with Gasteiger partial charge in [-0.2, -0.15) is 0 Å². The fraction of sp³-hybridized carbons (Fsp3) is 0.429. The molecule has 0 bridgehead atoms. The first kappa shape index (κ1) is 13.1. The van der Waals surface area contributed by atoms with E-state index in [4.69, 9.17) is 11.6 Å². The van der Waals surface area contributed by atoms with Crippen molar-refractivity contribution in [3.05, 3.63) is 35.4 Å². The van der Waals surface area contributed by atoms with E-state index in [1.165, 1.54) is 4.90 Å². The molecule has 0 aromatic heterocycles. The minimum absolute atomic E-state index is 0.0689. The van der Waals surface area contributed by atoms with E-state index >= 15 is 0 Å². The maximum atomic E-state index is 12.2. The highest BCUT2D eigenvalue weighted by atomic mass is 35.5. The molecule has 1 atom stereocenters. The second-order valence-electron chi connectivity index (χ2n) is 4.56. The number of unbranched alkanes of at least 4 members (excludes halogenated alkanes) is 1. The van der Waals surface area contributed by atoms with Gasteiger partial charge in [-0.25, -0.2) is 0 Å². The summed E-state index contributed by atoms with van der Waals surface area (Å²) in [4.78, 5) is 25.7. The Kier molecular flexibility index (Phi) is 4.02. The van der Waals surface area contributed by atoms with E-state index in [-0.39, 0.29) is 17.9 Å². The Balaban J connectivity index is 2.13. The molecule has 0 N–H and O–H groups in total. The first-order valence-corrected chi connectivity index (χ1v) is 6.73. The minimum Gasteiger partial charge on any atom is -0.272 e. The number of fused-ring (bicyclic) bond motifs is 1. The van der Waals surface area contributed by atoms with Crippen LogP contribution in [0.5, 0.6) is 0 Å². The molecule has 0 unspecified atom stereocenters. The van der Waals surface area contributed by atoms with Gasteiger partial charge in [0, 0.05) is 11.9 Å². The molecule has 0 aliphatic carbocycles. The third kappa shape index (κ3) is 2.27.